The fourth-order valence-corrected chi connectivity index (χ4v) is 2.43. The quantitative estimate of drug-likeness (QED) is 0.911. The molecule has 1 unspecified atom stereocenters. The summed E-state index contributed by atoms with van der Waals surface area (Å²) in [6, 6.07) is 6.23. The van der Waals surface area contributed by atoms with Crippen LogP contribution < -0.4 is 5.32 Å². The summed E-state index contributed by atoms with van der Waals surface area (Å²) in [6.07, 6.45) is 0. The Balaban J connectivity index is 1.99. The van der Waals surface area contributed by atoms with Gasteiger partial charge in [0, 0.05) is 25.7 Å². The third-order valence-corrected chi connectivity index (χ3v) is 3.83. The molecule has 1 aromatic carbocycles. The van der Waals surface area contributed by atoms with E-state index in [-0.39, 0.29) is 18.5 Å². The van der Waals surface area contributed by atoms with Gasteiger partial charge in [-0.05, 0) is 17.7 Å². The molecule has 1 saturated heterocycles. The molecule has 1 aliphatic heterocycles. The number of benzene rings is 1. The number of hydrogen-bond donors (Lipinski definition) is 1. The molecule has 1 aromatic rings. The maximum absolute atomic E-state index is 12.1. The van der Waals surface area contributed by atoms with Crippen LogP contribution in [-0.2, 0) is 11.3 Å². The topological polar surface area (TPSA) is 76.4 Å². The molecule has 7 heteroatoms. The van der Waals surface area contributed by atoms with Crippen LogP contribution in [-0.4, -0.2) is 48.4 Å². The molecule has 0 spiro atoms. The molecule has 110 valence electrons. The molecule has 1 aliphatic rings. The number of carbonyl (C=O) groups is 2. The summed E-state index contributed by atoms with van der Waals surface area (Å²) in [5, 5.41) is 12.0. The molecule has 3 amide bonds. The molecule has 1 N–H and O–H groups in total. The van der Waals surface area contributed by atoms with E-state index < -0.39 is 6.04 Å². The summed E-state index contributed by atoms with van der Waals surface area (Å²) >= 11 is 6.05. The van der Waals surface area contributed by atoms with E-state index in [9.17, 15) is 9.59 Å². The van der Waals surface area contributed by atoms with Crippen molar-refractivity contribution in [2.75, 3.05) is 20.6 Å². The number of urea groups is 1. The lowest BCUT2D eigenvalue weighted by atomic mass is 10.1. The van der Waals surface area contributed by atoms with Gasteiger partial charge in [-0.1, -0.05) is 17.7 Å². The van der Waals surface area contributed by atoms with Crippen LogP contribution in [0.5, 0.6) is 0 Å². The minimum Gasteiger partial charge on any atom is -0.350 e. The molecule has 1 atom stereocenters. The zero-order chi connectivity index (χ0) is 15.6. The Morgan fingerprint density at radius 3 is 2.76 bits per heavy atom. The number of rotatable bonds is 3. The fraction of sp³-hybridized carbons (Fsp3) is 0.357. The molecule has 21 heavy (non-hydrogen) atoms. The average molecular weight is 307 g/mol. The molecule has 0 bridgehead atoms. The summed E-state index contributed by atoms with van der Waals surface area (Å²) in [5.41, 5.74) is 1.20. The van der Waals surface area contributed by atoms with E-state index >= 15 is 0 Å². The van der Waals surface area contributed by atoms with E-state index in [0.717, 1.165) is 5.56 Å². The minimum absolute atomic E-state index is 0.174. The monoisotopic (exact) mass is 306 g/mol. The first-order valence-corrected chi connectivity index (χ1v) is 6.76. The highest BCUT2D eigenvalue weighted by Crippen LogP contribution is 2.18. The largest absolute Gasteiger partial charge is 0.350 e. The van der Waals surface area contributed by atoms with Crippen LogP contribution in [0.2, 0.25) is 5.02 Å². The summed E-state index contributed by atoms with van der Waals surface area (Å²) < 4.78 is 0. The molecule has 0 radical (unpaired) electrons. The van der Waals surface area contributed by atoms with Crippen LogP contribution in [0.15, 0.2) is 18.2 Å². The third kappa shape index (κ3) is 3.09. The normalized spacial score (nSPS) is 17.8. The number of amides is 3. The second-order valence-corrected chi connectivity index (χ2v) is 5.33. The maximum atomic E-state index is 12.1. The minimum atomic E-state index is -0.500. The number of nitriles is 1. The van der Waals surface area contributed by atoms with Gasteiger partial charge in [0.05, 0.1) is 18.2 Å². The Labute approximate surface area is 127 Å². The van der Waals surface area contributed by atoms with Crippen molar-refractivity contribution in [3.8, 4) is 6.07 Å². The van der Waals surface area contributed by atoms with Crippen molar-refractivity contribution in [3.63, 3.8) is 0 Å². The highest BCUT2D eigenvalue weighted by Gasteiger charge is 2.36. The van der Waals surface area contributed by atoms with Crippen molar-refractivity contribution < 1.29 is 9.59 Å². The van der Waals surface area contributed by atoms with Crippen LogP contribution in [0.25, 0.3) is 0 Å². The molecular weight excluding hydrogens is 292 g/mol. The fourth-order valence-electron chi connectivity index (χ4n) is 2.18. The number of nitrogens with one attached hydrogen (secondary N) is 1. The van der Waals surface area contributed by atoms with E-state index in [2.05, 4.69) is 5.32 Å². The lowest BCUT2D eigenvalue weighted by Crippen LogP contribution is -2.43. The first kappa shape index (κ1) is 15.1. The van der Waals surface area contributed by atoms with Crippen molar-refractivity contribution in [1.29, 1.82) is 5.26 Å². The molecule has 2 rings (SSSR count). The number of likely N-dealkylation sites (N-methyl/N-ethyl adjacent to an activating group) is 2. The lowest BCUT2D eigenvalue weighted by Gasteiger charge is -2.17. The van der Waals surface area contributed by atoms with E-state index in [4.69, 9.17) is 16.9 Å². The van der Waals surface area contributed by atoms with E-state index in [1.54, 1.807) is 32.3 Å². The summed E-state index contributed by atoms with van der Waals surface area (Å²) in [7, 11) is 3.26. The van der Waals surface area contributed by atoms with E-state index in [0.29, 0.717) is 17.1 Å². The van der Waals surface area contributed by atoms with Crippen molar-refractivity contribution in [3.05, 3.63) is 34.3 Å². The van der Waals surface area contributed by atoms with Crippen LogP contribution in [0, 0.1) is 11.3 Å². The Morgan fingerprint density at radius 1 is 1.52 bits per heavy atom. The van der Waals surface area contributed by atoms with Gasteiger partial charge in [0.1, 0.15) is 6.04 Å². The average Bonchev–Trinajstić information content (AvgIpc) is 2.73. The molecule has 6 nitrogen and oxygen atoms in total. The molecule has 0 aromatic heterocycles. The van der Waals surface area contributed by atoms with Crippen LogP contribution >= 0.6 is 11.6 Å². The summed E-state index contributed by atoms with van der Waals surface area (Å²) in [6.45, 7) is 0.619. The van der Waals surface area contributed by atoms with E-state index in [1.165, 1.54) is 9.80 Å². The lowest BCUT2D eigenvalue weighted by molar-refractivity contribution is -0.124. The summed E-state index contributed by atoms with van der Waals surface area (Å²) in [5.74, 6) is -0.226. The van der Waals surface area contributed by atoms with Gasteiger partial charge in [0.25, 0.3) is 0 Å². The van der Waals surface area contributed by atoms with Gasteiger partial charge in [-0.2, -0.15) is 5.26 Å². The van der Waals surface area contributed by atoms with Crippen molar-refractivity contribution in [1.82, 2.24) is 15.1 Å². The van der Waals surface area contributed by atoms with Crippen molar-refractivity contribution in [2.45, 2.75) is 12.6 Å². The van der Waals surface area contributed by atoms with Gasteiger partial charge in [0.15, 0.2) is 0 Å². The van der Waals surface area contributed by atoms with Crippen LogP contribution in [0.4, 0.5) is 4.79 Å². The summed E-state index contributed by atoms with van der Waals surface area (Å²) in [4.78, 5) is 26.7. The predicted molar refractivity (Wildman–Crippen MR) is 77.6 cm³/mol. The van der Waals surface area contributed by atoms with Crippen molar-refractivity contribution >= 4 is 23.5 Å². The molecule has 0 saturated carbocycles. The van der Waals surface area contributed by atoms with Gasteiger partial charge < -0.3 is 15.1 Å². The zero-order valence-electron chi connectivity index (χ0n) is 11.8. The number of carbonyl (C=O) groups excluding carboxylic acids is 2. The molecule has 1 fully saturated rings. The Kier molecular flexibility index (Phi) is 4.34. The predicted octanol–water partition coefficient (Wildman–Crippen LogP) is 1.19. The Bertz CT molecular complexity index is 626. The number of hydrogen-bond acceptors (Lipinski definition) is 3. The van der Waals surface area contributed by atoms with E-state index in [1.807, 2.05) is 6.07 Å². The maximum Gasteiger partial charge on any atom is 0.320 e. The molecular formula is C14H15ClN4O2. The molecule has 1 heterocycles. The zero-order valence-corrected chi connectivity index (χ0v) is 12.5. The SMILES string of the molecule is CN1CC(C(=O)NCc2ccc(C#N)cc2Cl)N(C)C1=O. The molecule has 0 aliphatic carbocycles. The van der Waals surface area contributed by atoms with Gasteiger partial charge in [0.2, 0.25) is 5.91 Å². The third-order valence-electron chi connectivity index (χ3n) is 3.48. The van der Waals surface area contributed by atoms with Gasteiger partial charge >= 0.3 is 6.03 Å². The first-order chi connectivity index (χ1) is 9.93. The Hall–Kier alpha value is -2.26. The highest BCUT2D eigenvalue weighted by molar-refractivity contribution is 6.31. The van der Waals surface area contributed by atoms with Crippen molar-refractivity contribution in [2.24, 2.45) is 0 Å². The highest BCUT2D eigenvalue weighted by atomic mass is 35.5. The van der Waals surface area contributed by atoms with Gasteiger partial charge in [-0.3, -0.25) is 4.79 Å². The van der Waals surface area contributed by atoms with Gasteiger partial charge in [-0.25, -0.2) is 4.79 Å². The Morgan fingerprint density at radius 2 is 2.24 bits per heavy atom. The smallest absolute Gasteiger partial charge is 0.320 e. The number of nitrogens with zero attached hydrogens (tertiary/aromatic N) is 3. The van der Waals surface area contributed by atoms with Crippen LogP contribution in [0.1, 0.15) is 11.1 Å². The first-order valence-electron chi connectivity index (χ1n) is 6.38. The number of halogens is 1. The standard InChI is InChI=1S/C14H15ClN4O2/c1-18-8-12(19(2)14(18)21)13(20)17-7-10-4-3-9(6-16)5-11(10)15/h3-5,12H,7-8H2,1-2H3,(H,17,20). The van der Waals surface area contributed by atoms with Gasteiger partial charge in [-0.15, -0.1) is 0 Å². The van der Waals surface area contributed by atoms with Crippen LogP contribution in [0.3, 0.4) is 0 Å². The second-order valence-electron chi connectivity index (χ2n) is 4.93. The second kappa shape index (κ2) is 6.02.